The van der Waals surface area contributed by atoms with E-state index < -0.39 is 11.8 Å². The van der Waals surface area contributed by atoms with Crippen LogP contribution in [0.1, 0.15) is 19.8 Å². The number of aromatic amines is 1. The van der Waals surface area contributed by atoms with E-state index in [1.54, 1.807) is 0 Å². The number of rotatable bonds is 4. The molecule has 2 amide bonds. The normalized spacial score (nSPS) is 18.4. The number of nitrogens with zero attached hydrogens (tertiary/aromatic N) is 1. The molecular weight excluding hydrogens is 272 g/mol. The second-order valence-electron chi connectivity index (χ2n) is 5.01. The Hall–Kier alpha value is -2.15. The average Bonchev–Trinajstić information content (AvgIpc) is 2.94. The van der Waals surface area contributed by atoms with E-state index in [-0.39, 0.29) is 17.2 Å². The molecule has 0 aromatic carbocycles. The maximum atomic E-state index is 11.8. The molecule has 0 spiro atoms. The number of pyridine rings is 1. The quantitative estimate of drug-likeness (QED) is 0.676. The van der Waals surface area contributed by atoms with Gasteiger partial charge in [-0.25, -0.2) is 0 Å². The van der Waals surface area contributed by atoms with E-state index in [9.17, 15) is 14.4 Å². The fourth-order valence-electron chi connectivity index (χ4n) is 2.53. The minimum Gasteiger partial charge on any atom is -0.366 e. The molecule has 1 aliphatic rings. The smallest absolute Gasteiger partial charge is 0.313 e. The van der Waals surface area contributed by atoms with Crippen molar-refractivity contribution in [2.75, 3.05) is 25.0 Å². The largest absolute Gasteiger partial charge is 0.366 e. The molecule has 0 bridgehead atoms. The Morgan fingerprint density at radius 3 is 2.95 bits per heavy atom. The van der Waals surface area contributed by atoms with Crippen LogP contribution in [0.4, 0.5) is 5.69 Å². The van der Waals surface area contributed by atoms with Gasteiger partial charge in [0.25, 0.3) is 0 Å². The Morgan fingerprint density at radius 2 is 2.24 bits per heavy atom. The van der Waals surface area contributed by atoms with Crippen LogP contribution >= 0.6 is 0 Å². The van der Waals surface area contributed by atoms with E-state index in [1.807, 2.05) is 0 Å². The minimum atomic E-state index is -0.826. The molecule has 7 nitrogen and oxygen atoms in total. The van der Waals surface area contributed by atoms with Gasteiger partial charge < -0.3 is 15.6 Å². The van der Waals surface area contributed by atoms with Crippen molar-refractivity contribution >= 4 is 17.5 Å². The number of carbonyl (C=O) groups is 2. The molecule has 0 saturated carbocycles. The summed E-state index contributed by atoms with van der Waals surface area (Å²) in [7, 11) is 0. The predicted molar refractivity (Wildman–Crippen MR) is 79.0 cm³/mol. The molecule has 0 radical (unpaired) electrons. The third-order valence-corrected chi connectivity index (χ3v) is 3.68. The van der Waals surface area contributed by atoms with Crippen molar-refractivity contribution in [1.29, 1.82) is 0 Å². The van der Waals surface area contributed by atoms with Gasteiger partial charge in [-0.2, -0.15) is 0 Å². The van der Waals surface area contributed by atoms with Crippen LogP contribution in [0.3, 0.4) is 0 Å². The highest BCUT2D eigenvalue weighted by atomic mass is 16.2. The van der Waals surface area contributed by atoms with E-state index in [0.717, 1.165) is 25.9 Å². The zero-order chi connectivity index (χ0) is 15.2. The Labute approximate surface area is 122 Å². The number of nitrogens with one attached hydrogen (secondary N) is 3. The van der Waals surface area contributed by atoms with E-state index in [2.05, 4.69) is 27.4 Å². The predicted octanol–water partition coefficient (Wildman–Crippen LogP) is -0.0861. The van der Waals surface area contributed by atoms with Crippen molar-refractivity contribution in [2.45, 2.75) is 25.8 Å². The van der Waals surface area contributed by atoms with Crippen molar-refractivity contribution in [3.05, 3.63) is 28.7 Å². The Morgan fingerprint density at radius 1 is 1.43 bits per heavy atom. The molecule has 114 valence electrons. The Balaban J connectivity index is 1.84. The number of H-pyrrole nitrogens is 1. The van der Waals surface area contributed by atoms with Gasteiger partial charge in [-0.15, -0.1) is 0 Å². The molecule has 0 aliphatic carbocycles. The van der Waals surface area contributed by atoms with E-state index in [0.29, 0.717) is 6.54 Å². The van der Waals surface area contributed by atoms with Crippen molar-refractivity contribution in [2.24, 2.45) is 0 Å². The zero-order valence-electron chi connectivity index (χ0n) is 12.0. The molecule has 1 aliphatic heterocycles. The first-order valence-electron chi connectivity index (χ1n) is 7.12. The lowest BCUT2D eigenvalue weighted by atomic mass is 10.2. The highest BCUT2D eigenvalue weighted by Crippen LogP contribution is 2.15. The molecule has 7 heteroatoms. The van der Waals surface area contributed by atoms with Crippen LogP contribution in [0.2, 0.25) is 0 Å². The molecule has 1 saturated heterocycles. The summed E-state index contributed by atoms with van der Waals surface area (Å²) in [4.78, 5) is 39.9. The van der Waals surface area contributed by atoms with Crippen LogP contribution < -0.4 is 16.1 Å². The first kappa shape index (κ1) is 15.2. The van der Waals surface area contributed by atoms with Crippen LogP contribution in [0.25, 0.3) is 0 Å². The zero-order valence-corrected chi connectivity index (χ0v) is 12.0. The molecule has 1 aromatic heterocycles. The summed E-state index contributed by atoms with van der Waals surface area (Å²) >= 11 is 0. The number of aromatic nitrogens is 1. The molecular formula is C14H20N4O3. The minimum absolute atomic E-state index is 0.0636. The average molecular weight is 292 g/mol. The van der Waals surface area contributed by atoms with Gasteiger partial charge in [-0.05, 0) is 25.9 Å². The number of anilines is 1. The van der Waals surface area contributed by atoms with Gasteiger partial charge in [-0.1, -0.05) is 6.92 Å². The van der Waals surface area contributed by atoms with Gasteiger partial charge in [-0.3, -0.25) is 19.3 Å². The molecule has 1 atom stereocenters. The number of carbonyl (C=O) groups excluding carboxylic acids is 2. The molecule has 1 fully saturated rings. The van der Waals surface area contributed by atoms with E-state index in [4.69, 9.17) is 0 Å². The fraction of sp³-hybridized carbons (Fsp3) is 0.500. The monoisotopic (exact) mass is 292 g/mol. The van der Waals surface area contributed by atoms with Crippen LogP contribution in [-0.2, 0) is 9.59 Å². The summed E-state index contributed by atoms with van der Waals surface area (Å²) in [5.74, 6) is -1.55. The van der Waals surface area contributed by atoms with Crippen LogP contribution in [0.15, 0.2) is 23.3 Å². The van der Waals surface area contributed by atoms with Crippen molar-refractivity contribution < 1.29 is 9.59 Å². The summed E-state index contributed by atoms with van der Waals surface area (Å²) in [5.41, 5.74) is -0.281. The van der Waals surface area contributed by atoms with Gasteiger partial charge in [0.2, 0.25) is 5.43 Å². The topological polar surface area (TPSA) is 94.3 Å². The molecule has 0 unspecified atom stereocenters. The SMILES string of the molecule is CCN1CCC[C@@H]1CNC(=O)C(=O)Nc1c[nH]ccc1=O. The summed E-state index contributed by atoms with van der Waals surface area (Å²) in [6.07, 6.45) is 4.94. The van der Waals surface area contributed by atoms with Crippen molar-refractivity contribution in [3.8, 4) is 0 Å². The summed E-state index contributed by atoms with van der Waals surface area (Å²) in [6, 6.07) is 1.57. The maximum absolute atomic E-state index is 11.8. The second-order valence-corrected chi connectivity index (χ2v) is 5.01. The summed E-state index contributed by atoms with van der Waals surface area (Å²) in [6.45, 7) is 4.49. The number of hydrogen-bond donors (Lipinski definition) is 3. The first-order valence-corrected chi connectivity index (χ1v) is 7.12. The van der Waals surface area contributed by atoms with Crippen molar-refractivity contribution in [3.63, 3.8) is 0 Å². The molecule has 2 heterocycles. The first-order chi connectivity index (χ1) is 10.1. The summed E-state index contributed by atoms with van der Waals surface area (Å²) < 4.78 is 0. The highest BCUT2D eigenvalue weighted by Gasteiger charge is 2.24. The standard InChI is InChI=1S/C14H20N4O3/c1-2-18-7-3-4-10(18)8-16-13(20)14(21)17-11-9-15-6-5-12(11)19/h5-6,9-10H,2-4,7-8H2,1H3,(H,15,19)(H,16,20)(H,17,21)/t10-/m1/s1. The molecule has 1 aromatic rings. The number of amides is 2. The molecule has 3 N–H and O–H groups in total. The van der Waals surface area contributed by atoms with Gasteiger partial charge in [0, 0.05) is 31.0 Å². The third-order valence-electron chi connectivity index (χ3n) is 3.68. The molecule has 2 rings (SSSR count). The lowest BCUT2D eigenvalue weighted by molar-refractivity contribution is -0.136. The van der Waals surface area contributed by atoms with Crippen LogP contribution in [-0.4, -0.2) is 47.4 Å². The number of likely N-dealkylation sites (tertiary alicyclic amines) is 1. The number of likely N-dealkylation sites (N-methyl/N-ethyl adjacent to an activating group) is 1. The van der Waals surface area contributed by atoms with Crippen molar-refractivity contribution in [1.82, 2.24) is 15.2 Å². The van der Waals surface area contributed by atoms with Gasteiger partial charge >= 0.3 is 11.8 Å². The fourth-order valence-corrected chi connectivity index (χ4v) is 2.53. The van der Waals surface area contributed by atoms with Crippen LogP contribution in [0.5, 0.6) is 0 Å². The third kappa shape index (κ3) is 3.91. The lowest BCUT2D eigenvalue weighted by Crippen LogP contribution is -2.44. The van der Waals surface area contributed by atoms with E-state index >= 15 is 0 Å². The Kier molecular flexibility index (Phi) is 5.10. The van der Waals surface area contributed by atoms with Crippen LogP contribution in [0, 0.1) is 0 Å². The van der Waals surface area contributed by atoms with Gasteiger partial charge in [0.1, 0.15) is 5.69 Å². The van der Waals surface area contributed by atoms with Gasteiger partial charge in [0.15, 0.2) is 0 Å². The Bertz CT molecular complexity index is 569. The highest BCUT2D eigenvalue weighted by molar-refractivity contribution is 6.39. The maximum Gasteiger partial charge on any atom is 0.313 e. The second kappa shape index (κ2) is 7.03. The summed E-state index contributed by atoms with van der Waals surface area (Å²) in [5, 5.41) is 4.93. The number of hydrogen-bond acceptors (Lipinski definition) is 4. The lowest BCUT2D eigenvalue weighted by Gasteiger charge is -2.22. The molecule has 21 heavy (non-hydrogen) atoms. The van der Waals surface area contributed by atoms with E-state index in [1.165, 1.54) is 18.5 Å². The van der Waals surface area contributed by atoms with Gasteiger partial charge in [0.05, 0.1) is 0 Å².